The molecule has 1 N–H and O–H groups in total. The first-order chi connectivity index (χ1) is 8.81. The minimum absolute atomic E-state index is 0.160. The Kier molecular flexibility index (Phi) is 3.57. The third-order valence-electron chi connectivity index (χ3n) is 3.76. The van der Waals surface area contributed by atoms with Crippen LogP contribution in [0.15, 0.2) is 0 Å². The second-order valence-electron chi connectivity index (χ2n) is 5.63. The molecular formula is C14H22N2OS. The van der Waals surface area contributed by atoms with Crippen LogP contribution in [0.3, 0.4) is 0 Å². The van der Waals surface area contributed by atoms with Crippen molar-refractivity contribution < 1.29 is 5.11 Å². The molecule has 3 rings (SSSR count). The van der Waals surface area contributed by atoms with E-state index in [0.29, 0.717) is 5.92 Å². The molecule has 4 heteroatoms. The predicted octanol–water partition coefficient (Wildman–Crippen LogP) is 3.14. The molecule has 2 fully saturated rings. The van der Waals surface area contributed by atoms with Gasteiger partial charge in [-0.1, -0.05) is 18.3 Å². The lowest BCUT2D eigenvalue weighted by molar-refractivity contribution is 0.284. The lowest BCUT2D eigenvalue weighted by Gasteiger charge is -2.20. The number of aliphatic hydroxyl groups excluding tert-OH is 1. The molecule has 3 nitrogen and oxygen atoms in total. The number of hydrogen-bond acceptors (Lipinski definition) is 4. The number of hydrogen-bond donors (Lipinski definition) is 1. The van der Waals surface area contributed by atoms with Gasteiger partial charge >= 0.3 is 0 Å². The van der Waals surface area contributed by atoms with E-state index in [2.05, 4.69) is 11.8 Å². The summed E-state index contributed by atoms with van der Waals surface area (Å²) in [4.78, 5) is 8.37. The summed E-state index contributed by atoms with van der Waals surface area (Å²) >= 11 is 1.71. The number of rotatable bonds is 7. The molecule has 0 unspecified atom stereocenters. The van der Waals surface area contributed by atoms with Crippen molar-refractivity contribution in [1.29, 1.82) is 0 Å². The van der Waals surface area contributed by atoms with E-state index in [0.717, 1.165) is 29.0 Å². The molecule has 2 saturated carbocycles. The largest absolute Gasteiger partial charge is 0.391 e. The second kappa shape index (κ2) is 5.17. The Balaban J connectivity index is 1.78. The van der Waals surface area contributed by atoms with E-state index in [1.54, 1.807) is 11.3 Å². The molecule has 1 heterocycles. The van der Waals surface area contributed by atoms with E-state index < -0.39 is 0 Å². The van der Waals surface area contributed by atoms with E-state index >= 15 is 0 Å². The van der Waals surface area contributed by atoms with Gasteiger partial charge in [-0.2, -0.15) is 0 Å². The first-order valence-electron chi connectivity index (χ1n) is 7.17. The van der Waals surface area contributed by atoms with Gasteiger partial charge in [-0.25, -0.2) is 4.98 Å². The first kappa shape index (κ1) is 12.4. The quantitative estimate of drug-likeness (QED) is 0.823. The number of aliphatic hydroxyl groups is 1. The monoisotopic (exact) mass is 266 g/mol. The van der Waals surface area contributed by atoms with Crippen molar-refractivity contribution in [2.45, 2.75) is 51.6 Å². The fourth-order valence-corrected chi connectivity index (χ4v) is 3.46. The third kappa shape index (κ3) is 2.69. The number of anilines is 1. The number of aromatic nitrogens is 1. The van der Waals surface area contributed by atoms with Gasteiger partial charge in [0.15, 0.2) is 5.13 Å². The van der Waals surface area contributed by atoms with Crippen molar-refractivity contribution in [2.75, 3.05) is 18.0 Å². The first-order valence-corrected chi connectivity index (χ1v) is 7.98. The molecule has 0 spiro atoms. The summed E-state index contributed by atoms with van der Waals surface area (Å²) < 4.78 is 0. The van der Waals surface area contributed by atoms with Crippen LogP contribution in [0.4, 0.5) is 5.13 Å². The molecular weight excluding hydrogens is 244 g/mol. The minimum Gasteiger partial charge on any atom is -0.391 e. The maximum atomic E-state index is 9.47. The highest BCUT2D eigenvalue weighted by Gasteiger charge is 2.31. The van der Waals surface area contributed by atoms with Gasteiger partial charge in [-0.3, -0.25) is 0 Å². The van der Waals surface area contributed by atoms with E-state index in [9.17, 15) is 5.11 Å². The molecule has 0 bridgehead atoms. The van der Waals surface area contributed by atoms with Crippen LogP contribution < -0.4 is 4.90 Å². The summed E-state index contributed by atoms with van der Waals surface area (Å²) in [6.45, 7) is 4.64. The molecule has 1 aromatic heterocycles. The standard InChI is InChI=1S/C14H22N2OS/c1-2-7-16(8-10-3-4-10)14-15-13(11-5-6-11)12(9-17)18-14/h10-11,17H,2-9H2,1H3. The normalized spacial score (nSPS) is 19.2. The Labute approximate surface area is 113 Å². The second-order valence-corrected chi connectivity index (χ2v) is 6.69. The van der Waals surface area contributed by atoms with Gasteiger partial charge in [0.2, 0.25) is 0 Å². The molecule has 0 amide bonds. The maximum absolute atomic E-state index is 9.47. The zero-order valence-electron chi connectivity index (χ0n) is 11.1. The van der Waals surface area contributed by atoms with Gasteiger partial charge in [-0.15, -0.1) is 0 Å². The smallest absolute Gasteiger partial charge is 0.185 e. The Morgan fingerprint density at radius 1 is 1.33 bits per heavy atom. The lowest BCUT2D eigenvalue weighted by Crippen LogP contribution is -2.26. The Hall–Kier alpha value is -0.610. The minimum atomic E-state index is 0.160. The summed E-state index contributed by atoms with van der Waals surface area (Å²) in [5, 5.41) is 10.6. The van der Waals surface area contributed by atoms with Crippen molar-refractivity contribution in [3.05, 3.63) is 10.6 Å². The van der Waals surface area contributed by atoms with Crippen LogP contribution in [0.25, 0.3) is 0 Å². The van der Waals surface area contributed by atoms with Crippen molar-refractivity contribution in [1.82, 2.24) is 4.98 Å². The van der Waals surface area contributed by atoms with Crippen LogP contribution in [-0.4, -0.2) is 23.2 Å². The average molecular weight is 266 g/mol. The lowest BCUT2D eigenvalue weighted by atomic mass is 10.2. The molecule has 18 heavy (non-hydrogen) atoms. The van der Waals surface area contributed by atoms with Gasteiger partial charge in [0.1, 0.15) is 0 Å². The van der Waals surface area contributed by atoms with Gasteiger partial charge in [0.25, 0.3) is 0 Å². The van der Waals surface area contributed by atoms with Crippen molar-refractivity contribution >= 4 is 16.5 Å². The average Bonchev–Trinajstić information content (AvgIpc) is 3.28. The van der Waals surface area contributed by atoms with Crippen molar-refractivity contribution in [3.63, 3.8) is 0 Å². The summed E-state index contributed by atoms with van der Waals surface area (Å²) in [6, 6.07) is 0. The van der Waals surface area contributed by atoms with E-state index in [-0.39, 0.29) is 6.61 Å². The zero-order chi connectivity index (χ0) is 12.5. The van der Waals surface area contributed by atoms with Crippen LogP contribution in [-0.2, 0) is 6.61 Å². The molecule has 0 saturated heterocycles. The molecule has 2 aliphatic rings. The van der Waals surface area contributed by atoms with Crippen molar-refractivity contribution in [2.24, 2.45) is 5.92 Å². The highest BCUT2D eigenvalue weighted by atomic mass is 32.1. The Morgan fingerprint density at radius 2 is 2.11 bits per heavy atom. The van der Waals surface area contributed by atoms with Crippen LogP contribution in [0, 0.1) is 5.92 Å². The highest BCUT2D eigenvalue weighted by molar-refractivity contribution is 7.15. The highest BCUT2D eigenvalue weighted by Crippen LogP contribution is 2.44. The molecule has 0 aliphatic heterocycles. The topological polar surface area (TPSA) is 36.4 Å². The van der Waals surface area contributed by atoms with Gasteiger partial charge < -0.3 is 10.0 Å². The SMILES string of the molecule is CCCN(CC1CC1)c1nc(C2CC2)c(CO)s1. The van der Waals surface area contributed by atoms with Crippen LogP contribution >= 0.6 is 11.3 Å². The van der Waals surface area contributed by atoms with E-state index in [1.165, 1.54) is 37.8 Å². The number of nitrogens with zero attached hydrogens (tertiary/aromatic N) is 2. The van der Waals surface area contributed by atoms with E-state index in [1.807, 2.05) is 0 Å². The van der Waals surface area contributed by atoms with Crippen LogP contribution in [0.1, 0.15) is 55.5 Å². The third-order valence-corrected chi connectivity index (χ3v) is 4.88. The summed E-state index contributed by atoms with van der Waals surface area (Å²) in [7, 11) is 0. The van der Waals surface area contributed by atoms with Gasteiger partial charge in [-0.05, 0) is 38.0 Å². The van der Waals surface area contributed by atoms with Crippen LogP contribution in [0.2, 0.25) is 0 Å². The summed E-state index contributed by atoms with van der Waals surface area (Å²) in [5.74, 6) is 1.53. The van der Waals surface area contributed by atoms with Gasteiger partial charge in [0, 0.05) is 19.0 Å². The fourth-order valence-electron chi connectivity index (χ4n) is 2.42. The zero-order valence-corrected chi connectivity index (χ0v) is 11.9. The maximum Gasteiger partial charge on any atom is 0.185 e. The molecule has 2 aliphatic carbocycles. The van der Waals surface area contributed by atoms with Crippen LogP contribution in [0.5, 0.6) is 0 Å². The molecule has 0 radical (unpaired) electrons. The Bertz CT molecular complexity index is 410. The fraction of sp³-hybridized carbons (Fsp3) is 0.786. The summed E-state index contributed by atoms with van der Waals surface area (Å²) in [6.07, 6.45) is 6.44. The Morgan fingerprint density at radius 3 is 2.67 bits per heavy atom. The van der Waals surface area contributed by atoms with Gasteiger partial charge in [0.05, 0.1) is 17.2 Å². The summed E-state index contributed by atoms with van der Waals surface area (Å²) in [5.41, 5.74) is 1.19. The molecule has 0 atom stereocenters. The van der Waals surface area contributed by atoms with Crippen molar-refractivity contribution in [3.8, 4) is 0 Å². The molecule has 0 aromatic carbocycles. The van der Waals surface area contributed by atoms with E-state index in [4.69, 9.17) is 4.98 Å². The molecule has 100 valence electrons. The number of thiazole rings is 1. The predicted molar refractivity (Wildman–Crippen MR) is 75.2 cm³/mol. The molecule has 1 aromatic rings.